The number of hydrogen-bond acceptors (Lipinski definition) is 2. The Morgan fingerprint density at radius 1 is 1.00 bits per heavy atom. The van der Waals surface area contributed by atoms with Crippen molar-refractivity contribution in [2.24, 2.45) is 0 Å². The minimum absolute atomic E-state index is 0.347. The zero-order valence-corrected chi connectivity index (χ0v) is 15.9. The second-order valence-corrected chi connectivity index (χ2v) is 6.72. The standard InChI is InChI=1S/C8H7IO2.C8H7IO/c1-5-2-3-6(8(10)11)4-7(5)9;1-6-2-3-7(5-10)4-8(6)9/h2-4H,1H3,(H,10,11);2-5H,1H3. The summed E-state index contributed by atoms with van der Waals surface area (Å²) in [6.07, 6.45) is 0.863. The molecule has 0 aliphatic heterocycles. The van der Waals surface area contributed by atoms with Crippen molar-refractivity contribution in [3.05, 3.63) is 65.8 Å². The fourth-order valence-corrected chi connectivity index (χ4v) is 2.46. The van der Waals surface area contributed by atoms with Crippen molar-refractivity contribution < 1.29 is 14.7 Å². The molecule has 3 nitrogen and oxygen atoms in total. The summed E-state index contributed by atoms with van der Waals surface area (Å²) in [7, 11) is 0. The second-order valence-electron chi connectivity index (χ2n) is 4.40. The lowest BCUT2D eigenvalue weighted by Crippen LogP contribution is -1.96. The van der Waals surface area contributed by atoms with Gasteiger partial charge >= 0.3 is 5.97 Å². The summed E-state index contributed by atoms with van der Waals surface area (Å²) in [5.74, 6) is -0.872. The number of benzene rings is 2. The van der Waals surface area contributed by atoms with Gasteiger partial charge in [0.25, 0.3) is 0 Å². The SMILES string of the molecule is Cc1ccc(C(=O)O)cc1I.Cc1ccc(C=O)cc1I. The summed E-state index contributed by atoms with van der Waals surface area (Å²) >= 11 is 4.33. The predicted molar refractivity (Wildman–Crippen MR) is 100 cm³/mol. The summed E-state index contributed by atoms with van der Waals surface area (Å²) in [6, 6.07) is 10.7. The molecule has 0 saturated carbocycles. The van der Waals surface area contributed by atoms with Gasteiger partial charge in [0.1, 0.15) is 6.29 Å². The van der Waals surface area contributed by atoms with Crippen molar-refractivity contribution in [3.8, 4) is 0 Å². The van der Waals surface area contributed by atoms with Crippen molar-refractivity contribution in [1.29, 1.82) is 0 Å². The maximum atomic E-state index is 10.5. The monoisotopic (exact) mass is 508 g/mol. The van der Waals surface area contributed by atoms with Crippen molar-refractivity contribution in [3.63, 3.8) is 0 Å². The number of aldehydes is 1. The molecule has 0 aliphatic rings. The molecule has 5 heteroatoms. The normalized spacial score (nSPS) is 9.52. The van der Waals surface area contributed by atoms with Gasteiger partial charge in [-0.15, -0.1) is 0 Å². The van der Waals surface area contributed by atoms with Gasteiger partial charge in [0.15, 0.2) is 0 Å². The summed E-state index contributed by atoms with van der Waals surface area (Å²) in [5.41, 5.74) is 3.41. The van der Waals surface area contributed by atoms with Gasteiger partial charge in [0.2, 0.25) is 0 Å². The molecule has 2 aromatic carbocycles. The minimum Gasteiger partial charge on any atom is -0.478 e. The van der Waals surface area contributed by atoms with Gasteiger partial charge in [0.05, 0.1) is 5.56 Å². The molecular weight excluding hydrogens is 494 g/mol. The van der Waals surface area contributed by atoms with Gasteiger partial charge in [-0.1, -0.05) is 18.2 Å². The fraction of sp³-hybridized carbons (Fsp3) is 0.125. The average Bonchev–Trinajstić information content (AvgIpc) is 2.45. The average molecular weight is 508 g/mol. The van der Waals surface area contributed by atoms with E-state index in [9.17, 15) is 9.59 Å². The Morgan fingerprint density at radius 2 is 1.52 bits per heavy atom. The molecule has 0 saturated heterocycles. The van der Waals surface area contributed by atoms with E-state index >= 15 is 0 Å². The summed E-state index contributed by atoms with van der Waals surface area (Å²) in [5, 5.41) is 8.60. The van der Waals surface area contributed by atoms with Gasteiger partial charge in [0, 0.05) is 12.7 Å². The molecule has 0 unspecified atom stereocenters. The van der Waals surface area contributed by atoms with Crippen LogP contribution in [-0.4, -0.2) is 17.4 Å². The Morgan fingerprint density at radius 3 is 1.95 bits per heavy atom. The largest absolute Gasteiger partial charge is 0.478 e. The van der Waals surface area contributed by atoms with Crippen LogP contribution in [0.1, 0.15) is 31.8 Å². The molecule has 2 aromatic rings. The third-order valence-corrected chi connectivity index (χ3v) is 5.08. The lowest BCUT2D eigenvalue weighted by molar-refractivity contribution is 0.0696. The van der Waals surface area contributed by atoms with Crippen LogP contribution in [0.3, 0.4) is 0 Å². The highest BCUT2D eigenvalue weighted by Crippen LogP contribution is 2.13. The van der Waals surface area contributed by atoms with Crippen LogP contribution in [0.4, 0.5) is 0 Å². The summed E-state index contributed by atoms with van der Waals surface area (Å²) in [6.45, 7) is 3.98. The molecule has 0 atom stereocenters. The van der Waals surface area contributed by atoms with Crippen molar-refractivity contribution >= 4 is 57.4 Å². The molecule has 0 spiro atoms. The van der Waals surface area contributed by atoms with Gasteiger partial charge in [-0.2, -0.15) is 0 Å². The first-order valence-electron chi connectivity index (χ1n) is 6.06. The number of carboxylic acid groups (broad SMARTS) is 1. The molecule has 2 rings (SSSR count). The lowest BCUT2D eigenvalue weighted by Gasteiger charge is -1.98. The van der Waals surface area contributed by atoms with E-state index in [-0.39, 0.29) is 0 Å². The first kappa shape index (κ1) is 18.1. The van der Waals surface area contributed by atoms with Crippen LogP contribution in [-0.2, 0) is 0 Å². The number of halogens is 2. The Hall–Kier alpha value is -0.960. The number of hydrogen-bond donors (Lipinski definition) is 1. The van der Waals surface area contributed by atoms with Crippen LogP contribution in [0.5, 0.6) is 0 Å². The molecule has 0 aromatic heterocycles. The van der Waals surface area contributed by atoms with E-state index in [1.165, 1.54) is 5.56 Å². The highest BCUT2D eigenvalue weighted by Gasteiger charge is 2.03. The minimum atomic E-state index is -0.872. The first-order valence-corrected chi connectivity index (χ1v) is 8.21. The van der Waals surface area contributed by atoms with Gasteiger partial charge in [-0.25, -0.2) is 4.79 Å². The van der Waals surface area contributed by atoms with E-state index in [1.54, 1.807) is 12.1 Å². The lowest BCUT2D eigenvalue weighted by atomic mass is 10.2. The predicted octanol–water partition coefficient (Wildman–Crippen LogP) is 4.71. The van der Waals surface area contributed by atoms with E-state index in [0.29, 0.717) is 5.56 Å². The molecule has 1 N–H and O–H groups in total. The van der Waals surface area contributed by atoms with E-state index in [0.717, 1.165) is 24.6 Å². The van der Waals surface area contributed by atoms with Crippen LogP contribution in [0, 0.1) is 21.0 Å². The van der Waals surface area contributed by atoms with Crippen LogP contribution >= 0.6 is 45.2 Å². The molecular formula is C16H14I2O3. The van der Waals surface area contributed by atoms with Gasteiger partial charge in [-0.05, 0) is 88.4 Å². The Kier molecular flexibility index (Phi) is 7.30. The van der Waals surface area contributed by atoms with E-state index in [4.69, 9.17) is 5.11 Å². The van der Waals surface area contributed by atoms with E-state index < -0.39 is 5.97 Å². The number of carboxylic acids is 1. The Balaban J connectivity index is 0.000000211. The highest BCUT2D eigenvalue weighted by atomic mass is 127. The van der Waals surface area contributed by atoms with Crippen LogP contribution < -0.4 is 0 Å². The molecule has 0 radical (unpaired) electrons. The Bertz CT molecular complexity index is 667. The van der Waals surface area contributed by atoms with E-state index in [2.05, 4.69) is 45.2 Å². The zero-order valence-electron chi connectivity index (χ0n) is 11.6. The summed E-state index contributed by atoms with van der Waals surface area (Å²) < 4.78 is 2.13. The van der Waals surface area contributed by atoms with Crippen molar-refractivity contribution in [1.82, 2.24) is 0 Å². The van der Waals surface area contributed by atoms with Crippen LogP contribution in [0.15, 0.2) is 36.4 Å². The number of carbonyl (C=O) groups excluding carboxylic acids is 1. The molecule has 0 bridgehead atoms. The second kappa shape index (κ2) is 8.47. The number of rotatable bonds is 2. The number of aryl methyl sites for hydroxylation is 2. The van der Waals surface area contributed by atoms with E-state index in [1.807, 2.05) is 38.1 Å². The molecule has 0 aliphatic carbocycles. The highest BCUT2D eigenvalue weighted by molar-refractivity contribution is 14.1. The van der Waals surface area contributed by atoms with Crippen molar-refractivity contribution in [2.45, 2.75) is 13.8 Å². The van der Waals surface area contributed by atoms with Gasteiger partial charge < -0.3 is 5.11 Å². The third-order valence-electron chi connectivity index (χ3n) is 2.75. The number of aromatic carboxylic acids is 1. The Labute approximate surface area is 151 Å². The third kappa shape index (κ3) is 5.74. The maximum Gasteiger partial charge on any atom is 0.335 e. The van der Waals surface area contributed by atoms with Crippen LogP contribution in [0.2, 0.25) is 0 Å². The topological polar surface area (TPSA) is 54.4 Å². The molecule has 0 amide bonds. The van der Waals surface area contributed by atoms with Crippen molar-refractivity contribution in [2.75, 3.05) is 0 Å². The molecule has 110 valence electrons. The maximum absolute atomic E-state index is 10.5. The number of carbonyl (C=O) groups is 2. The fourth-order valence-electron chi connectivity index (χ4n) is 1.41. The van der Waals surface area contributed by atoms with Gasteiger partial charge in [-0.3, -0.25) is 4.79 Å². The zero-order chi connectivity index (χ0) is 16.0. The quantitative estimate of drug-likeness (QED) is 0.473. The molecule has 21 heavy (non-hydrogen) atoms. The first-order chi connectivity index (χ1) is 9.85. The molecule has 0 heterocycles. The smallest absolute Gasteiger partial charge is 0.335 e. The molecule has 0 fully saturated rings. The van der Waals surface area contributed by atoms with Crippen LogP contribution in [0.25, 0.3) is 0 Å². The summed E-state index contributed by atoms with van der Waals surface area (Å²) in [4.78, 5) is 20.7.